The van der Waals surface area contributed by atoms with Crippen molar-refractivity contribution in [2.45, 2.75) is 32.4 Å². The summed E-state index contributed by atoms with van der Waals surface area (Å²) in [5, 5.41) is 4.56. The molecule has 1 aliphatic heterocycles. The lowest BCUT2D eigenvalue weighted by Crippen LogP contribution is -2.26. The molecule has 0 saturated carbocycles. The fraction of sp³-hybridized carbons (Fsp3) is 0.571. The average molecular weight is 304 g/mol. The highest BCUT2D eigenvalue weighted by atomic mass is 35.5. The molecule has 1 heterocycles. The summed E-state index contributed by atoms with van der Waals surface area (Å²) < 4.78 is 11.2. The van der Waals surface area contributed by atoms with Gasteiger partial charge in [-0.05, 0) is 31.9 Å². The van der Waals surface area contributed by atoms with Crippen molar-refractivity contribution in [3.8, 4) is 5.75 Å². The number of ether oxygens (including phenoxy) is 2. The van der Waals surface area contributed by atoms with Gasteiger partial charge in [-0.3, -0.25) is 0 Å². The van der Waals surface area contributed by atoms with Crippen molar-refractivity contribution in [1.29, 1.82) is 0 Å². The van der Waals surface area contributed by atoms with Gasteiger partial charge in [-0.1, -0.05) is 23.2 Å². The van der Waals surface area contributed by atoms with Crippen LogP contribution >= 0.6 is 23.2 Å². The van der Waals surface area contributed by atoms with E-state index in [0.717, 1.165) is 31.6 Å². The first-order chi connectivity index (χ1) is 9.20. The molecule has 0 spiro atoms. The van der Waals surface area contributed by atoms with E-state index in [0.29, 0.717) is 35.1 Å². The third-order valence-electron chi connectivity index (χ3n) is 3.09. The molecule has 3 nitrogen and oxygen atoms in total. The minimum Gasteiger partial charge on any atom is -0.492 e. The molecule has 0 aliphatic carbocycles. The predicted molar refractivity (Wildman–Crippen MR) is 78.3 cm³/mol. The van der Waals surface area contributed by atoms with Gasteiger partial charge in [0.1, 0.15) is 5.75 Å². The molecule has 2 rings (SSSR count). The number of hydrogen-bond acceptors (Lipinski definition) is 3. The zero-order chi connectivity index (χ0) is 13.7. The maximum atomic E-state index is 6.16. The molecular weight excluding hydrogens is 285 g/mol. The van der Waals surface area contributed by atoms with Crippen LogP contribution in [0.1, 0.15) is 25.3 Å². The summed E-state index contributed by atoms with van der Waals surface area (Å²) in [5.74, 6) is 0.716. The molecule has 106 valence electrons. The van der Waals surface area contributed by atoms with E-state index in [1.807, 2.05) is 13.0 Å². The van der Waals surface area contributed by atoms with Crippen molar-refractivity contribution in [2.75, 3.05) is 19.8 Å². The van der Waals surface area contributed by atoms with Gasteiger partial charge in [0.2, 0.25) is 0 Å². The standard InChI is InChI=1S/C14H19Cl2NO2/c1-2-18-14-10(6-11(15)7-13(14)16)8-17-9-12-4-3-5-19-12/h6-7,12,17H,2-5,8-9H2,1H3. The number of benzene rings is 1. The molecule has 0 radical (unpaired) electrons. The monoisotopic (exact) mass is 303 g/mol. The highest BCUT2D eigenvalue weighted by Crippen LogP contribution is 2.32. The molecule has 1 saturated heterocycles. The number of hydrogen-bond donors (Lipinski definition) is 1. The SMILES string of the molecule is CCOc1c(Cl)cc(Cl)cc1CNCC1CCCO1. The maximum Gasteiger partial charge on any atom is 0.142 e. The molecule has 1 aliphatic rings. The summed E-state index contributed by atoms with van der Waals surface area (Å²) >= 11 is 12.2. The van der Waals surface area contributed by atoms with Gasteiger partial charge >= 0.3 is 0 Å². The molecule has 19 heavy (non-hydrogen) atoms. The van der Waals surface area contributed by atoms with E-state index in [1.54, 1.807) is 6.07 Å². The lowest BCUT2D eigenvalue weighted by atomic mass is 10.2. The van der Waals surface area contributed by atoms with Crippen molar-refractivity contribution in [3.63, 3.8) is 0 Å². The Balaban J connectivity index is 1.97. The topological polar surface area (TPSA) is 30.5 Å². The van der Waals surface area contributed by atoms with Crippen LogP contribution in [-0.4, -0.2) is 25.9 Å². The first-order valence-corrected chi connectivity index (χ1v) is 7.39. The first-order valence-electron chi connectivity index (χ1n) is 6.63. The van der Waals surface area contributed by atoms with Crippen molar-refractivity contribution >= 4 is 23.2 Å². The number of halogens is 2. The normalized spacial score (nSPS) is 18.8. The average Bonchev–Trinajstić information content (AvgIpc) is 2.86. The number of nitrogens with one attached hydrogen (secondary N) is 1. The smallest absolute Gasteiger partial charge is 0.142 e. The Kier molecular flexibility index (Phi) is 5.76. The molecule has 0 aromatic heterocycles. The second kappa shape index (κ2) is 7.34. The van der Waals surface area contributed by atoms with E-state index >= 15 is 0 Å². The summed E-state index contributed by atoms with van der Waals surface area (Å²) in [6, 6.07) is 3.60. The Morgan fingerprint density at radius 3 is 2.95 bits per heavy atom. The number of rotatable bonds is 6. The van der Waals surface area contributed by atoms with Crippen molar-refractivity contribution in [3.05, 3.63) is 27.7 Å². The predicted octanol–water partition coefficient (Wildman–Crippen LogP) is 3.66. The third-order valence-corrected chi connectivity index (χ3v) is 3.58. The van der Waals surface area contributed by atoms with Gasteiger partial charge in [0.15, 0.2) is 0 Å². The minimum atomic E-state index is 0.324. The molecule has 1 N–H and O–H groups in total. The van der Waals surface area contributed by atoms with Gasteiger partial charge < -0.3 is 14.8 Å². The molecule has 0 amide bonds. The minimum absolute atomic E-state index is 0.324. The van der Waals surface area contributed by atoms with Crippen LogP contribution < -0.4 is 10.1 Å². The van der Waals surface area contributed by atoms with Crippen molar-refractivity contribution in [2.24, 2.45) is 0 Å². The zero-order valence-corrected chi connectivity index (χ0v) is 12.6. The first kappa shape index (κ1) is 14.9. The van der Waals surface area contributed by atoms with E-state index in [1.165, 1.54) is 0 Å². The molecule has 0 bridgehead atoms. The van der Waals surface area contributed by atoms with Gasteiger partial charge in [-0.15, -0.1) is 0 Å². The van der Waals surface area contributed by atoms with E-state index in [2.05, 4.69) is 5.32 Å². The molecule has 1 aromatic carbocycles. The Morgan fingerprint density at radius 2 is 2.26 bits per heavy atom. The quantitative estimate of drug-likeness (QED) is 0.870. The second-order valence-corrected chi connectivity index (χ2v) is 5.42. The molecule has 5 heteroatoms. The zero-order valence-electron chi connectivity index (χ0n) is 11.0. The fourth-order valence-electron chi connectivity index (χ4n) is 2.22. The van der Waals surface area contributed by atoms with Crippen molar-refractivity contribution in [1.82, 2.24) is 5.32 Å². The lowest BCUT2D eigenvalue weighted by Gasteiger charge is -2.15. The van der Waals surface area contributed by atoms with Crippen LogP contribution in [0.4, 0.5) is 0 Å². The summed E-state index contributed by atoms with van der Waals surface area (Å²) in [7, 11) is 0. The molecule has 1 fully saturated rings. The molecule has 1 aromatic rings. The van der Waals surface area contributed by atoms with Crippen molar-refractivity contribution < 1.29 is 9.47 Å². The highest BCUT2D eigenvalue weighted by molar-refractivity contribution is 6.35. The Bertz CT molecular complexity index is 420. The van der Waals surface area contributed by atoms with E-state index in [4.69, 9.17) is 32.7 Å². The summed E-state index contributed by atoms with van der Waals surface area (Å²) in [6.45, 7) is 4.92. The van der Waals surface area contributed by atoms with Crippen LogP contribution in [0.15, 0.2) is 12.1 Å². The highest BCUT2D eigenvalue weighted by Gasteiger charge is 2.15. The molecular formula is C14H19Cl2NO2. The third kappa shape index (κ3) is 4.25. The summed E-state index contributed by atoms with van der Waals surface area (Å²) in [4.78, 5) is 0. The Hall–Kier alpha value is -0.480. The van der Waals surface area contributed by atoms with Gasteiger partial charge in [-0.2, -0.15) is 0 Å². The van der Waals surface area contributed by atoms with Gasteiger partial charge in [0.25, 0.3) is 0 Å². The van der Waals surface area contributed by atoms with Gasteiger partial charge in [0, 0.05) is 30.3 Å². The van der Waals surface area contributed by atoms with Crippen LogP contribution in [0, 0.1) is 0 Å². The second-order valence-electron chi connectivity index (χ2n) is 4.57. The van der Waals surface area contributed by atoms with Crippen LogP contribution in [0.2, 0.25) is 10.0 Å². The largest absolute Gasteiger partial charge is 0.492 e. The Labute approximate surface area is 124 Å². The van der Waals surface area contributed by atoms with Gasteiger partial charge in [-0.25, -0.2) is 0 Å². The lowest BCUT2D eigenvalue weighted by molar-refractivity contribution is 0.110. The maximum absolute atomic E-state index is 6.16. The van der Waals surface area contributed by atoms with E-state index in [-0.39, 0.29) is 0 Å². The van der Waals surface area contributed by atoms with Crippen LogP contribution in [0.25, 0.3) is 0 Å². The molecule has 1 unspecified atom stereocenters. The summed E-state index contributed by atoms with van der Waals surface area (Å²) in [5.41, 5.74) is 0.984. The van der Waals surface area contributed by atoms with E-state index in [9.17, 15) is 0 Å². The Morgan fingerprint density at radius 1 is 1.42 bits per heavy atom. The summed E-state index contributed by atoms with van der Waals surface area (Å²) in [6.07, 6.45) is 2.60. The van der Waals surface area contributed by atoms with Gasteiger partial charge in [0.05, 0.1) is 17.7 Å². The van der Waals surface area contributed by atoms with Crippen LogP contribution in [0.3, 0.4) is 0 Å². The van der Waals surface area contributed by atoms with E-state index < -0.39 is 0 Å². The molecule has 1 atom stereocenters. The van der Waals surface area contributed by atoms with Crippen LogP contribution in [0.5, 0.6) is 5.75 Å². The van der Waals surface area contributed by atoms with Crippen LogP contribution in [-0.2, 0) is 11.3 Å². The fourth-order valence-corrected chi connectivity index (χ4v) is 2.81.